The molecule has 0 aliphatic rings. The number of nitrogens with one attached hydrogen (secondary N) is 1. The number of hydrogen-bond donors (Lipinski definition) is 1. The summed E-state index contributed by atoms with van der Waals surface area (Å²) in [5.41, 5.74) is 0. The van der Waals surface area contributed by atoms with Crippen LogP contribution in [0.15, 0.2) is 0 Å². The minimum absolute atomic E-state index is 0.237. The summed E-state index contributed by atoms with van der Waals surface area (Å²) in [4.78, 5) is 23.3. The number of rotatable bonds is 18. The number of unbranched alkanes of at least 4 members (excludes halogenated alkanes) is 13. The Balaban J connectivity index is 3.28. The van der Waals surface area contributed by atoms with Gasteiger partial charge in [-0.05, 0) is 12.8 Å². The number of carbonyl (C=O) groups excluding carboxylic acids is 2. The summed E-state index contributed by atoms with van der Waals surface area (Å²) in [6.45, 7) is 5.02. The fourth-order valence-corrected chi connectivity index (χ4v) is 2.92. The lowest BCUT2D eigenvalue weighted by molar-refractivity contribution is -0.138. The number of amides is 1. The standard InChI is InChI=1S/C21H41NO2/c1-3-5-7-8-9-10-11-12-13-14-15-16-18-20(23)21(24)22-19-17-6-4-2/h3-19H2,1-2H3,(H,22,24). The van der Waals surface area contributed by atoms with E-state index in [-0.39, 0.29) is 11.7 Å². The molecule has 3 nitrogen and oxygen atoms in total. The summed E-state index contributed by atoms with van der Waals surface area (Å²) in [5, 5.41) is 2.72. The first-order valence-electron chi connectivity index (χ1n) is 10.5. The largest absolute Gasteiger partial charge is 0.350 e. The maximum absolute atomic E-state index is 11.7. The van der Waals surface area contributed by atoms with E-state index in [0.717, 1.165) is 32.1 Å². The molecule has 0 fully saturated rings. The normalized spacial score (nSPS) is 10.8. The Kier molecular flexibility index (Phi) is 17.8. The third-order valence-electron chi connectivity index (χ3n) is 4.58. The lowest BCUT2D eigenvalue weighted by Gasteiger charge is -2.04. The third kappa shape index (κ3) is 16.0. The lowest BCUT2D eigenvalue weighted by Crippen LogP contribution is -2.31. The fraction of sp³-hybridized carbons (Fsp3) is 0.905. The van der Waals surface area contributed by atoms with Crippen molar-refractivity contribution >= 4 is 11.7 Å². The van der Waals surface area contributed by atoms with Crippen LogP contribution in [-0.2, 0) is 9.59 Å². The SMILES string of the molecule is CCCCCCCCCCCCCCC(=O)C(=O)NCCCCC. The van der Waals surface area contributed by atoms with Gasteiger partial charge in [0.1, 0.15) is 0 Å². The van der Waals surface area contributed by atoms with Crippen LogP contribution in [0, 0.1) is 0 Å². The van der Waals surface area contributed by atoms with Gasteiger partial charge < -0.3 is 5.32 Å². The van der Waals surface area contributed by atoms with Crippen LogP contribution in [0.1, 0.15) is 117 Å². The van der Waals surface area contributed by atoms with Crippen molar-refractivity contribution in [3.63, 3.8) is 0 Å². The molecule has 1 amide bonds. The van der Waals surface area contributed by atoms with Gasteiger partial charge in [0.05, 0.1) is 0 Å². The number of ketones is 1. The quantitative estimate of drug-likeness (QED) is 0.247. The van der Waals surface area contributed by atoms with Crippen molar-refractivity contribution in [3.05, 3.63) is 0 Å². The van der Waals surface area contributed by atoms with Crippen molar-refractivity contribution in [1.82, 2.24) is 5.32 Å². The Morgan fingerprint density at radius 3 is 1.50 bits per heavy atom. The molecule has 0 spiro atoms. The molecule has 0 aromatic carbocycles. The highest BCUT2D eigenvalue weighted by molar-refractivity contribution is 6.36. The minimum Gasteiger partial charge on any atom is -0.350 e. The molecule has 0 aliphatic heterocycles. The highest BCUT2D eigenvalue weighted by Crippen LogP contribution is 2.12. The Labute approximate surface area is 150 Å². The van der Waals surface area contributed by atoms with Crippen LogP contribution in [0.4, 0.5) is 0 Å². The predicted molar refractivity (Wildman–Crippen MR) is 103 cm³/mol. The number of carbonyl (C=O) groups is 2. The van der Waals surface area contributed by atoms with E-state index in [1.54, 1.807) is 0 Å². The van der Waals surface area contributed by atoms with Gasteiger partial charge in [-0.25, -0.2) is 0 Å². The summed E-state index contributed by atoms with van der Waals surface area (Å²) < 4.78 is 0. The van der Waals surface area contributed by atoms with Gasteiger partial charge >= 0.3 is 0 Å². The van der Waals surface area contributed by atoms with Crippen LogP contribution in [0.5, 0.6) is 0 Å². The fourth-order valence-electron chi connectivity index (χ4n) is 2.92. The summed E-state index contributed by atoms with van der Waals surface area (Å²) in [5.74, 6) is -0.618. The highest BCUT2D eigenvalue weighted by atomic mass is 16.2. The monoisotopic (exact) mass is 339 g/mol. The molecule has 0 saturated heterocycles. The van der Waals surface area contributed by atoms with Crippen LogP contribution in [0.25, 0.3) is 0 Å². The highest BCUT2D eigenvalue weighted by Gasteiger charge is 2.11. The summed E-state index contributed by atoms with van der Waals surface area (Å²) in [6.07, 6.45) is 19.0. The van der Waals surface area contributed by atoms with E-state index < -0.39 is 0 Å². The van der Waals surface area contributed by atoms with Gasteiger partial charge in [0, 0.05) is 13.0 Å². The van der Waals surface area contributed by atoms with Crippen molar-refractivity contribution < 1.29 is 9.59 Å². The Bertz CT molecular complexity index is 302. The molecule has 1 N–H and O–H groups in total. The molecule has 0 unspecified atom stereocenters. The van der Waals surface area contributed by atoms with Crippen LogP contribution >= 0.6 is 0 Å². The molecule has 0 aromatic heterocycles. The van der Waals surface area contributed by atoms with Crippen molar-refractivity contribution in [2.75, 3.05) is 6.54 Å². The zero-order chi connectivity index (χ0) is 17.9. The predicted octanol–water partition coefficient (Wildman–Crippen LogP) is 5.95. The van der Waals surface area contributed by atoms with Gasteiger partial charge in [0.25, 0.3) is 5.91 Å². The van der Waals surface area contributed by atoms with Gasteiger partial charge in [0.15, 0.2) is 0 Å². The molecule has 24 heavy (non-hydrogen) atoms. The first-order chi connectivity index (χ1) is 11.7. The second kappa shape index (κ2) is 18.5. The number of hydrogen-bond acceptors (Lipinski definition) is 2. The van der Waals surface area contributed by atoms with Crippen LogP contribution in [0.3, 0.4) is 0 Å². The van der Waals surface area contributed by atoms with E-state index >= 15 is 0 Å². The molecule has 142 valence electrons. The zero-order valence-corrected chi connectivity index (χ0v) is 16.3. The lowest BCUT2D eigenvalue weighted by atomic mass is 10.0. The van der Waals surface area contributed by atoms with Crippen LogP contribution in [-0.4, -0.2) is 18.2 Å². The molecule has 0 bridgehead atoms. The van der Waals surface area contributed by atoms with Gasteiger partial charge in [-0.1, -0.05) is 97.3 Å². The molecular weight excluding hydrogens is 298 g/mol. The maximum Gasteiger partial charge on any atom is 0.287 e. The van der Waals surface area contributed by atoms with E-state index in [1.165, 1.54) is 64.2 Å². The third-order valence-corrected chi connectivity index (χ3v) is 4.58. The summed E-state index contributed by atoms with van der Waals surface area (Å²) in [6, 6.07) is 0. The van der Waals surface area contributed by atoms with Crippen molar-refractivity contribution in [1.29, 1.82) is 0 Å². The molecule has 0 saturated carbocycles. The molecule has 0 atom stereocenters. The van der Waals surface area contributed by atoms with E-state index in [1.807, 2.05) is 0 Å². The molecule has 0 aliphatic carbocycles. The second-order valence-corrected chi connectivity index (χ2v) is 7.03. The molecular formula is C21H41NO2. The Morgan fingerprint density at radius 1 is 0.583 bits per heavy atom. The summed E-state index contributed by atoms with van der Waals surface area (Å²) >= 11 is 0. The van der Waals surface area contributed by atoms with Gasteiger partial charge in [-0.2, -0.15) is 0 Å². The van der Waals surface area contributed by atoms with Gasteiger partial charge in [-0.15, -0.1) is 0 Å². The molecule has 3 heteroatoms. The summed E-state index contributed by atoms with van der Waals surface area (Å²) in [7, 11) is 0. The van der Waals surface area contributed by atoms with Crippen molar-refractivity contribution in [2.24, 2.45) is 0 Å². The molecule has 0 heterocycles. The number of Topliss-reactive ketones (excluding diaryl/α,β-unsaturated/α-hetero) is 1. The topological polar surface area (TPSA) is 46.2 Å². The first-order valence-corrected chi connectivity index (χ1v) is 10.5. The average molecular weight is 340 g/mol. The van der Waals surface area contributed by atoms with E-state index in [0.29, 0.717) is 13.0 Å². The molecule has 0 aromatic rings. The van der Waals surface area contributed by atoms with Gasteiger partial charge in [0.2, 0.25) is 5.78 Å². The smallest absolute Gasteiger partial charge is 0.287 e. The minimum atomic E-state index is -0.380. The van der Waals surface area contributed by atoms with Crippen molar-refractivity contribution in [2.45, 2.75) is 117 Å². The van der Waals surface area contributed by atoms with Gasteiger partial charge in [-0.3, -0.25) is 9.59 Å². The van der Waals surface area contributed by atoms with E-state index in [2.05, 4.69) is 19.2 Å². The van der Waals surface area contributed by atoms with E-state index in [9.17, 15) is 9.59 Å². The van der Waals surface area contributed by atoms with Crippen LogP contribution < -0.4 is 5.32 Å². The Morgan fingerprint density at radius 2 is 1.00 bits per heavy atom. The zero-order valence-electron chi connectivity index (χ0n) is 16.3. The first kappa shape index (κ1) is 23.1. The second-order valence-electron chi connectivity index (χ2n) is 7.03. The van der Waals surface area contributed by atoms with Crippen molar-refractivity contribution in [3.8, 4) is 0 Å². The Hall–Kier alpha value is -0.860. The van der Waals surface area contributed by atoms with E-state index in [4.69, 9.17) is 0 Å². The van der Waals surface area contributed by atoms with Crippen LogP contribution in [0.2, 0.25) is 0 Å². The average Bonchev–Trinajstić information content (AvgIpc) is 2.59. The molecule has 0 rings (SSSR count). The maximum atomic E-state index is 11.7. The molecule has 0 radical (unpaired) electrons.